The molecule has 2 heterocycles. The van der Waals surface area contributed by atoms with E-state index in [1.807, 2.05) is 44.2 Å². The topological polar surface area (TPSA) is 243 Å². The minimum atomic E-state index is -4.65. The van der Waals surface area contributed by atoms with Crippen molar-refractivity contribution in [3.05, 3.63) is 187 Å². The summed E-state index contributed by atoms with van der Waals surface area (Å²) in [6.45, 7) is 6.66. The molecule has 3 unspecified atom stereocenters. The van der Waals surface area contributed by atoms with Gasteiger partial charge in [0.25, 0.3) is 23.6 Å². The van der Waals surface area contributed by atoms with Crippen LogP contribution in [0.2, 0.25) is 10.0 Å². The van der Waals surface area contributed by atoms with Gasteiger partial charge in [-0.2, -0.15) is 0 Å². The Balaban J connectivity index is 0.000000234. The minimum absolute atomic E-state index is 0.231. The average molecular weight is 1170 g/mol. The van der Waals surface area contributed by atoms with E-state index in [2.05, 4.69) is 20.1 Å². The third kappa shape index (κ3) is 15.7. The highest BCUT2D eigenvalue weighted by atomic mass is 35.5. The summed E-state index contributed by atoms with van der Waals surface area (Å²) in [6.07, 6.45) is -1.05. The molecule has 0 aliphatic carbocycles. The molecule has 3 atom stereocenters. The van der Waals surface area contributed by atoms with Crippen LogP contribution in [-0.4, -0.2) is 87.1 Å². The molecule has 4 amide bonds. The number of hydrogen-bond donors (Lipinski definition) is 3. The maximum absolute atomic E-state index is 13.8. The Morgan fingerprint density at radius 2 is 1.01 bits per heavy atom. The molecule has 0 spiro atoms. The summed E-state index contributed by atoms with van der Waals surface area (Å²) >= 11 is 12.5. The Kier molecular flexibility index (Phi) is 20.6. The number of rotatable bonds is 14. The lowest BCUT2D eigenvalue weighted by Gasteiger charge is -2.25. The highest BCUT2D eigenvalue weighted by molar-refractivity contribution is 7.47. The number of carbonyl (C=O) groups is 7. The fourth-order valence-corrected chi connectivity index (χ4v) is 10.4. The first kappa shape index (κ1) is 60.7. The van der Waals surface area contributed by atoms with Crippen molar-refractivity contribution in [2.75, 3.05) is 61.0 Å². The Morgan fingerprint density at radius 3 is 1.47 bits per heavy atom. The van der Waals surface area contributed by atoms with Gasteiger partial charge in [0.15, 0.2) is 13.2 Å². The lowest BCUT2D eigenvalue weighted by Crippen LogP contribution is -2.32. The summed E-state index contributed by atoms with van der Waals surface area (Å²) in [5.41, 5.74) is 8.20. The van der Waals surface area contributed by atoms with Gasteiger partial charge in [-0.05, 0) is 161 Å². The number of carbonyl (C=O) groups excluding carboxylic acids is 7. The Bertz CT molecular complexity index is 3430. The Morgan fingerprint density at radius 1 is 0.568 bits per heavy atom. The van der Waals surface area contributed by atoms with E-state index in [1.54, 1.807) is 115 Å². The highest BCUT2D eigenvalue weighted by Gasteiger charge is 2.35. The lowest BCUT2D eigenvalue weighted by molar-refractivity contribution is -0.145. The van der Waals surface area contributed by atoms with Crippen LogP contribution in [0, 0.1) is 27.7 Å². The molecule has 2 aliphatic heterocycles. The molecule has 0 fully saturated rings. The summed E-state index contributed by atoms with van der Waals surface area (Å²) < 4.78 is 42.0. The van der Waals surface area contributed by atoms with Crippen LogP contribution in [-0.2, 0) is 42.1 Å². The van der Waals surface area contributed by atoms with Gasteiger partial charge in [-0.3, -0.25) is 28.2 Å². The molecule has 0 radical (unpaired) electrons. The quantitative estimate of drug-likeness (QED) is 0.0522. The van der Waals surface area contributed by atoms with Crippen LogP contribution in [0.4, 0.5) is 27.5 Å². The molecule has 22 heteroatoms. The molecule has 3 N–H and O–H groups in total. The molecule has 19 nitrogen and oxygen atoms in total. The van der Waals surface area contributed by atoms with Gasteiger partial charge in [0.2, 0.25) is 0 Å². The lowest BCUT2D eigenvalue weighted by atomic mass is 10.0. The van der Waals surface area contributed by atoms with E-state index >= 15 is 0 Å². The molecule has 2 aliphatic rings. The van der Waals surface area contributed by atoms with Gasteiger partial charge in [0.1, 0.15) is 6.10 Å². The van der Waals surface area contributed by atoms with Crippen LogP contribution in [0.1, 0.15) is 113 Å². The molecule has 6 aromatic rings. The first-order valence-electron chi connectivity index (χ1n) is 25.5. The number of esters is 2. The van der Waals surface area contributed by atoms with E-state index in [4.69, 9.17) is 41.7 Å². The van der Waals surface area contributed by atoms with Gasteiger partial charge >= 0.3 is 25.9 Å². The largest absolute Gasteiger partial charge is 0.509 e. The second-order valence-electron chi connectivity index (χ2n) is 18.8. The van der Waals surface area contributed by atoms with Gasteiger partial charge in [-0.15, -0.1) is 0 Å². The highest BCUT2D eigenvalue weighted by Crippen LogP contribution is 2.51. The fourth-order valence-electron chi connectivity index (χ4n) is 9.15. The normalized spacial score (nSPS) is 15.3. The summed E-state index contributed by atoms with van der Waals surface area (Å²) in [6, 6.07) is 34.6. The standard InChI is InChI=1S/C30H29ClN2O7.C29H30ClN2O8P/c1-18-7-4-5-8-22(18)28(35)32-21-11-12-23(19(2)15-21)29(36)33-14-6-9-26(24-16-20(31)10-13-25(24)33)40-30(37)39-17-27(34)38-3;1-18-7-4-5-8-22(18)28(34)31-21-11-12-23(19(2)15-21)29(35)32-14-6-9-26(24-16-20(30)10-13-25(24)32)40-41(36,37)39-17-27(33)38-3/h4-5,7-8,10-13,15-16,26H,6,9,14,17H2,1-3H3,(H,32,35);4-5,7-8,10-13,15-16,26H,6,9,14,17H2,1-3H3,(H,31,34)(H,36,37). The van der Waals surface area contributed by atoms with E-state index in [1.165, 1.54) is 7.11 Å². The average Bonchev–Trinajstić information content (AvgIpc) is 4.05. The van der Waals surface area contributed by atoms with Gasteiger partial charge in [0.05, 0.1) is 26.0 Å². The molecule has 0 bridgehead atoms. The number of nitrogens with one attached hydrogen (secondary N) is 2. The van der Waals surface area contributed by atoms with Crippen molar-refractivity contribution in [1.82, 2.24) is 0 Å². The van der Waals surface area contributed by atoms with Gasteiger partial charge in [-0.1, -0.05) is 59.6 Å². The first-order valence-corrected chi connectivity index (χ1v) is 27.7. The molecule has 8 rings (SSSR count). The number of amides is 4. The predicted molar refractivity (Wildman–Crippen MR) is 304 cm³/mol. The van der Waals surface area contributed by atoms with Crippen LogP contribution in [0.25, 0.3) is 0 Å². The molecule has 81 heavy (non-hydrogen) atoms. The van der Waals surface area contributed by atoms with E-state index < -0.39 is 51.3 Å². The second-order valence-corrected chi connectivity index (χ2v) is 21.1. The number of fused-ring (bicyclic) bond motifs is 2. The van der Waals surface area contributed by atoms with Crippen molar-refractivity contribution >= 4 is 95.5 Å². The van der Waals surface area contributed by atoms with Crippen molar-refractivity contribution in [3.63, 3.8) is 0 Å². The maximum atomic E-state index is 13.8. The van der Waals surface area contributed by atoms with Crippen LogP contribution in [0.5, 0.6) is 0 Å². The van der Waals surface area contributed by atoms with E-state index in [9.17, 15) is 43.0 Å². The fraction of sp³-hybridized carbons (Fsp3) is 0.271. The number of anilines is 4. The molecular formula is C59H59Cl2N4O15P. The number of halogens is 2. The van der Waals surface area contributed by atoms with E-state index in [0.29, 0.717) is 110 Å². The zero-order chi connectivity index (χ0) is 58.5. The Hall–Kier alpha value is -7.90. The number of ether oxygens (including phenoxy) is 4. The summed E-state index contributed by atoms with van der Waals surface area (Å²) in [5.74, 6) is -2.56. The molecule has 424 valence electrons. The van der Waals surface area contributed by atoms with Crippen LogP contribution >= 0.6 is 31.0 Å². The van der Waals surface area contributed by atoms with Crippen LogP contribution in [0.3, 0.4) is 0 Å². The van der Waals surface area contributed by atoms with Crippen molar-refractivity contribution in [1.29, 1.82) is 0 Å². The third-order valence-electron chi connectivity index (χ3n) is 13.3. The van der Waals surface area contributed by atoms with Crippen molar-refractivity contribution < 1.29 is 71.0 Å². The number of phosphoric ester groups is 1. The van der Waals surface area contributed by atoms with Crippen LogP contribution in [0.15, 0.2) is 121 Å². The van der Waals surface area contributed by atoms with Gasteiger partial charge in [0, 0.05) is 73.6 Å². The summed E-state index contributed by atoms with van der Waals surface area (Å²) in [5, 5.41) is 6.53. The molecule has 0 saturated heterocycles. The van der Waals surface area contributed by atoms with Crippen molar-refractivity contribution in [2.45, 2.75) is 65.6 Å². The summed E-state index contributed by atoms with van der Waals surface area (Å²) in [4.78, 5) is 101. The van der Waals surface area contributed by atoms with Crippen molar-refractivity contribution in [3.8, 4) is 0 Å². The monoisotopic (exact) mass is 1160 g/mol. The second kappa shape index (κ2) is 27.5. The van der Waals surface area contributed by atoms with Crippen molar-refractivity contribution in [2.24, 2.45) is 0 Å². The molecular weight excluding hydrogens is 1110 g/mol. The number of phosphoric acid groups is 1. The third-order valence-corrected chi connectivity index (χ3v) is 14.7. The molecule has 6 aromatic carbocycles. The Labute approximate surface area is 477 Å². The smallest absolute Gasteiger partial charge is 0.467 e. The SMILES string of the molecule is COC(=O)COC(=O)OC1CCCN(C(=O)c2ccc(NC(=O)c3ccccc3C)cc2C)c2ccc(Cl)cc21.COC(=O)COP(=O)(O)OC1CCCN(C(=O)c2ccc(NC(=O)c3ccccc3C)cc2C)c2ccc(Cl)cc21. The van der Waals surface area contributed by atoms with Gasteiger partial charge in [-0.25, -0.2) is 18.9 Å². The predicted octanol–water partition coefficient (Wildman–Crippen LogP) is 12.0. The maximum Gasteiger partial charge on any atom is 0.509 e. The minimum Gasteiger partial charge on any atom is -0.467 e. The number of aryl methyl sites for hydroxylation is 4. The molecule has 0 saturated carbocycles. The first-order chi connectivity index (χ1) is 38.7. The molecule has 0 aromatic heterocycles. The summed E-state index contributed by atoms with van der Waals surface area (Å²) in [7, 11) is -2.34. The van der Waals surface area contributed by atoms with E-state index in [0.717, 1.165) is 18.2 Å². The number of benzene rings is 6. The number of nitrogens with zero attached hydrogens (tertiary/aromatic N) is 2. The zero-order valence-corrected chi connectivity index (χ0v) is 47.5. The number of hydrogen-bond acceptors (Lipinski definition) is 14. The zero-order valence-electron chi connectivity index (χ0n) is 45.1. The van der Waals surface area contributed by atoms with E-state index in [-0.39, 0.29) is 30.0 Å². The number of methoxy groups -OCH3 is 2. The van der Waals surface area contributed by atoms with Gasteiger partial charge < -0.3 is 44.3 Å². The van der Waals surface area contributed by atoms with Crippen LogP contribution < -0.4 is 20.4 Å².